The van der Waals surface area contributed by atoms with Gasteiger partial charge in [0.1, 0.15) is 11.6 Å². The van der Waals surface area contributed by atoms with Crippen LogP contribution in [0.5, 0.6) is 11.6 Å². The third-order valence-corrected chi connectivity index (χ3v) is 4.43. The number of nitrogens with one attached hydrogen (secondary N) is 2. The van der Waals surface area contributed by atoms with E-state index >= 15 is 0 Å². The maximum absolute atomic E-state index is 12.1. The summed E-state index contributed by atoms with van der Waals surface area (Å²) in [6.45, 7) is 2.01. The van der Waals surface area contributed by atoms with Gasteiger partial charge in [0.25, 0.3) is 0 Å². The van der Waals surface area contributed by atoms with E-state index in [1.165, 1.54) is 0 Å². The molecule has 31 heavy (non-hydrogen) atoms. The van der Waals surface area contributed by atoms with E-state index in [1.807, 2.05) is 55.5 Å². The fourth-order valence-corrected chi connectivity index (χ4v) is 2.92. The molecule has 0 saturated heterocycles. The Bertz CT molecular complexity index is 1160. The van der Waals surface area contributed by atoms with Gasteiger partial charge in [-0.25, -0.2) is 19.7 Å². The molecule has 0 saturated carbocycles. The number of pyridine rings is 1. The van der Waals surface area contributed by atoms with Gasteiger partial charge < -0.3 is 15.4 Å². The third kappa shape index (κ3) is 5.22. The van der Waals surface area contributed by atoms with Gasteiger partial charge in [-0.3, -0.25) is 0 Å². The van der Waals surface area contributed by atoms with E-state index < -0.39 is 0 Å². The first kappa shape index (κ1) is 20.0. The topological polar surface area (TPSA) is 89.0 Å². The van der Waals surface area contributed by atoms with Crippen LogP contribution < -0.4 is 15.4 Å². The van der Waals surface area contributed by atoms with Crippen LogP contribution in [-0.2, 0) is 6.42 Å². The molecular formula is C24H21N5O2. The average molecular weight is 411 g/mol. The van der Waals surface area contributed by atoms with Gasteiger partial charge in [0, 0.05) is 30.2 Å². The van der Waals surface area contributed by atoms with E-state index in [0.717, 1.165) is 29.2 Å². The minimum atomic E-state index is -0.317. The summed E-state index contributed by atoms with van der Waals surface area (Å²) in [4.78, 5) is 25.3. The Morgan fingerprint density at radius 2 is 1.58 bits per heavy atom. The summed E-state index contributed by atoms with van der Waals surface area (Å²) in [6.07, 6.45) is 4.15. The fourth-order valence-electron chi connectivity index (χ4n) is 2.92. The largest absolute Gasteiger partial charge is 0.438 e. The molecule has 154 valence electrons. The van der Waals surface area contributed by atoms with Crippen LogP contribution >= 0.6 is 0 Å². The van der Waals surface area contributed by atoms with Crippen molar-refractivity contribution in [2.75, 3.05) is 10.6 Å². The first-order chi connectivity index (χ1) is 15.2. The van der Waals surface area contributed by atoms with Crippen LogP contribution in [0.15, 0.2) is 85.2 Å². The van der Waals surface area contributed by atoms with Gasteiger partial charge in [-0.15, -0.1) is 0 Å². The summed E-state index contributed by atoms with van der Waals surface area (Å²) in [5.74, 6) is 1.81. The zero-order chi connectivity index (χ0) is 21.5. The van der Waals surface area contributed by atoms with Crippen LogP contribution in [0.1, 0.15) is 12.7 Å². The van der Waals surface area contributed by atoms with E-state index in [9.17, 15) is 4.79 Å². The van der Waals surface area contributed by atoms with Crippen molar-refractivity contribution < 1.29 is 9.53 Å². The molecule has 0 radical (unpaired) electrons. The van der Waals surface area contributed by atoms with E-state index in [2.05, 4.69) is 25.6 Å². The minimum Gasteiger partial charge on any atom is -0.438 e. The first-order valence-corrected chi connectivity index (χ1v) is 9.89. The number of benzene rings is 2. The molecule has 0 unspecified atom stereocenters. The standard InChI is InChI=1S/C24H21N5O2/c1-2-22-25-16-14-21(29-22)20-9-6-15-26-23(20)31-19-12-10-18(11-13-19)28-24(30)27-17-7-4-3-5-8-17/h3-16H,2H2,1H3,(H2,27,28,30). The predicted octanol–water partition coefficient (Wildman–Crippen LogP) is 5.54. The average Bonchev–Trinajstić information content (AvgIpc) is 2.81. The fraction of sp³-hybridized carbons (Fsp3) is 0.0833. The van der Waals surface area contributed by atoms with Crippen molar-refractivity contribution in [3.05, 3.63) is 91.0 Å². The van der Waals surface area contributed by atoms with E-state index in [4.69, 9.17) is 4.74 Å². The van der Waals surface area contributed by atoms with Crippen LogP contribution in [0.3, 0.4) is 0 Å². The number of nitrogens with zero attached hydrogens (tertiary/aromatic N) is 3. The number of rotatable bonds is 6. The van der Waals surface area contributed by atoms with Gasteiger partial charge in [-0.2, -0.15) is 0 Å². The van der Waals surface area contributed by atoms with Crippen molar-refractivity contribution in [2.45, 2.75) is 13.3 Å². The molecular weight excluding hydrogens is 390 g/mol. The van der Waals surface area contributed by atoms with Gasteiger partial charge in [-0.1, -0.05) is 25.1 Å². The molecule has 0 aliphatic rings. The highest BCUT2D eigenvalue weighted by Crippen LogP contribution is 2.30. The molecule has 2 aromatic heterocycles. The molecule has 2 N–H and O–H groups in total. The van der Waals surface area contributed by atoms with Crippen LogP contribution in [-0.4, -0.2) is 21.0 Å². The van der Waals surface area contributed by atoms with Crippen molar-refractivity contribution in [3.8, 4) is 22.9 Å². The third-order valence-electron chi connectivity index (χ3n) is 4.43. The second kappa shape index (κ2) is 9.49. The van der Waals surface area contributed by atoms with Crippen molar-refractivity contribution in [1.29, 1.82) is 0 Å². The second-order valence-electron chi connectivity index (χ2n) is 6.64. The molecule has 2 amide bonds. The van der Waals surface area contributed by atoms with E-state index in [1.54, 1.807) is 36.7 Å². The number of para-hydroxylation sites is 1. The summed E-state index contributed by atoms with van der Waals surface area (Å²) >= 11 is 0. The Kier molecular flexibility index (Phi) is 6.13. The number of urea groups is 1. The first-order valence-electron chi connectivity index (χ1n) is 9.89. The lowest BCUT2D eigenvalue weighted by Gasteiger charge is -2.11. The molecule has 0 atom stereocenters. The zero-order valence-corrected chi connectivity index (χ0v) is 16.9. The van der Waals surface area contributed by atoms with Crippen molar-refractivity contribution in [2.24, 2.45) is 0 Å². The van der Waals surface area contributed by atoms with Crippen molar-refractivity contribution >= 4 is 17.4 Å². The van der Waals surface area contributed by atoms with Gasteiger partial charge in [0.2, 0.25) is 5.88 Å². The monoisotopic (exact) mass is 411 g/mol. The molecule has 7 heteroatoms. The predicted molar refractivity (Wildman–Crippen MR) is 120 cm³/mol. The molecule has 0 aliphatic heterocycles. The number of anilines is 2. The SMILES string of the molecule is CCc1nccc(-c2cccnc2Oc2ccc(NC(=O)Nc3ccccc3)cc2)n1. The van der Waals surface area contributed by atoms with Crippen LogP contribution in [0, 0.1) is 0 Å². The maximum Gasteiger partial charge on any atom is 0.323 e. The molecule has 0 spiro atoms. The Labute approximate surface area is 180 Å². The Morgan fingerprint density at radius 3 is 2.32 bits per heavy atom. The number of amides is 2. The van der Waals surface area contributed by atoms with Gasteiger partial charge in [0.05, 0.1) is 11.3 Å². The summed E-state index contributed by atoms with van der Waals surface area (Å²) < 4.78 is 5.99. The van der Waals surface area contributed by atoms with Gasteiger partial charge in [-0.05, 0) is 54.6 Å². The number of ether oxygens (including phenoxy) is 1. The molecule has 2 aromatic carbocycles. The summed E-state index contributed by atoms with van der Waals surface area (Å²) in [7, 11) is 0. The summed E-state index contributed by atoms with van der Waals surface area (Å²) in [5, 5.41) is 5.57. The second-order valence-corrected chi connectivity index (χ2v) is 6.64. The normalized spacial score (nSPS) is 10.4. The number of aromatic nitrogens is 3. The quantitative estimate of drug-likeness (QED) is 0.435. The maximum atomic E-state index is 12.1. The lowest BCUT2D eigenvalue weighted by atomic mass is 10.2. The Balaban J connectivity index is 1.45. The molecule has 4 aromatic rings. The molecule has 4 rings (SSSR count). The highest BCUT2D eigenvalue weighted by Gasteiger charge is 2.11. The van der Waals surface area contributed by atoms with Crippen molar-refractivity contribution in [3.63, 3.8) is 0 Å². The Morgan fingerprint density at radius 1 is 0.839 bits per heavy atom. The van der Waals surface area contributed by atoms with E-state index in [0.29, 0.717) is 17.3 Å². The summed E-state index contributed by atoms with van der Waals surface area (Å²) in [5.41, 5.74) is 2.90. The lowest BCUT2D eigenvalue weighted by molar-refractivity contribution is 0.262. The summed E-state index contributed by atoms with van der Waals surface area (Å²) in [6, 6.07) is 21.6. The number of hydrogen-bond donors (Lipinski definition) is 2. The van der Waals surface area contributed by atoms with Crippen molar-refractivity contribution in [1.82, 2.24) is 15.0 Å². The molecule has 0 aliphatic carbocycles. The molecule has 0 fully saturated rings. The molecule has 7 nitrogen and oxygen atoms in total. The number of carbonyl (C=O) groups excluding carboxylic acids is 1. The minimum absolute atomic E-state index is 0.317. The molecule has 0 bridgehead atoms. The van der Waals surface area contributed by atoms with Crippen LogP contribution in [0.2, 0.25) is 0 Å². The smallest absolute Gasteiger partial charge is 0.323 e. The highest BCUT2D eigenvalue weighted by molar-refractivity contribution is 5.99. The number of hydrogen-bond acceptors (Lipinski definition) is 5. The lowest BCUT2D eigenvalue weighted by Crippen LogP contribution is -2.19. The van der Waals surface area contributed by atoms with Crippen LogP contribution in [0.4, 0.5) is 16.2 Å². The Hall–Kier alpha value is -4.26. The van der Waals surface area contributed by atoms with E-state index in [-0.39, 0.29) is 6.03 Å². The number of carbonyl (C=O) groups is 1. The van der Waals surface area contributed by atoms with Gasteiger partial charge in [0.15, 0.2) is 0 Å². The van der Waals surface area contributed by atoms with Crippen LogP contribution in [0.25, 0.3) is 11.3 Å². The van der Waals surface area contributed by atoms with Gasteiger partial charge >= 0.3 is 6.03 Å². The highest BCUT2D eigenvalue weighted by atomic mass is 16.5. The number of aryl methyl sites for hydroxylation is 1. The molecule has 2 heterocycles. The zero-order valence-electron chi connectivity index (χ0n) is 16.9.